The topological polar surface area (TPSA) is 54.2 Å². The van der Waals surface area contributed by atoms with Crippen molar-refractivity contribution >= 4 is 0 Å². The first-order chi connectivity index (χ1) is 8.76. The third-order valence-electron chi connectivity index (χ3n) is 4.23. The van der Waals surface area contributed by atoms with Crippen molar-refractivity contribution in [2.75, 3.05) is 26.2 Å². The van der Waals surface area contributed by atoms with Gasteiger partial charge in [-0.3, -0.25) is 4.90 Å². The van der Waals surface area contributed by atoms with Crippen LogP contribution in [0, 0.1) is 12.3 Å². The Hall–Kier alpha value is -0.940. The highest BCUT2D eigenvalue weighted by molar-refractivity contribution is 4.93. The molecule has 0 bridgehead atoms. The first kappa shape index (κ1) is 12.1. The van der Waals surface area contributed by atoms with Crippen LogP contribution in [0.4, 0.5) is 0 Å². The van der Waals surface area contributed by atoms with Crippen molar-refractivity contribution in [3.8, 4) is 0 Å². The number of nitrogens with zero attached hydrogens (tertiary/aromatic N) is 3. The van der Waals surface area contributed by atoms with E-state index in [0.29, 0.717) is 5.41 Å². The number of nitrogens with one attached hydrogen (secondary N) is 1. The summed E-state index contributed by atoms with van der Waals surface area (Å²) in [6.45, 7) is 7.36. The zero-order valence-electron chi connectivity index (χ0n) is 11.1. The standard InChI is InChI=1S/C13H22N4O/c1-11-15-12(18-16-11)8-17-7-3-5-13(10-17)4-2-6-14-9-13/h14H,2-10H2,1H3. The van der Waals surface area contributed by atoms with Gasteiger partial charge in [0.2, 0.25) is 5.89 Å². The zero-order chi connectivity index (χ0) is 12.4. The number of hydrogen-bond donors (Lipinski definition) is 1. The molecule has 2 fully saturated rings. The molecule has 2 saturated heterocycles. The van der Waals surface area contributed by atoms with E-state index in [1.54, 1.807) is 0 Å². The Morgan fingerprint density at radius 3 is 3.00 bits per heavy atom. The molecular formula is C13H22N4O. The Kier molecular flexibility index (Phi) is 3.35. The molecule has 3 rings (SSSR count). The van der Waals surface area contributed by atoms with E-state index in [1.165, 1.54) is 45.3 Å². The third-order valence-corrected chi connectivity index (χ3v) is 4.23. The second kappa shape index (κ2) is 4.97. The summed E-state index contributed by atoms with van der Waals surface area (Å²) in [5.41, 5.74) is 0.492. The molecule has 5 nitrogen and oxygen atoms in total. The number of likely N-dealkylation sites (tertiary alicyclic amines) is 1. The summed E-state index contributed by atoms with van der Waals surface area (Å²) in [6, 6.07) is 0. The van der Waals surface area contributed by atoms with Gasteiger partial charge in [-0.2, -0.15) is 4.98 Å². The summed E-state index contributed by atoms with van der Waals surface area (Å²) in [5, 5.41) is 7.42. The fourth-order valence-electron chi connectivity index (χ4n) is 3.42. The molecule has 18 heavy (non-hydrogen) atoms. The maximum absolute atomic E-state index is 5.22. The van der Waals surface area contributed by atoms with Crippen molar-refractivity contribution in [3.63, 3.8) is 0 Å². The van der Waals surface area contributed by atoms with Gasteiger partial charge in [0.1, 0.15) is 0 Å². The van der Waals surface area contributed by atoms with Gasteiger partial charge in [0.15, 0.2) is 5.82 Å². The van der Waals surface area contributed by atoms with Crippen molar-refractivity contribution < 1.29 is 4.52 Å². The quantitative estimate of drug-likeness (QED) is 0.858. The smallest absolute Gasteiger partial charge is 0.240 e. The second-order valence-corrected chi connectivity index (χ2v) is 5.83. The first-order valence-electron chi connectivity index (χ1n) is 6.98. The van der Waals surface area contributed by atoms with Crippen LogP contribution in [0.2, 0.25) is 0 Å². The fourth-order valence-corrected chi connectivity index (χ4v) is 3.42. The predicted octanol–water partition coefficient (Wildman–Crippen LogP) is 1.34. The Balaban J connectivity index is 1.63. The monoisotopic (exact) mass is 250 g/mol. The summed E-state index contributed by atoms with van der Waals surface area (Å²) in [4.78, 5) is 6.78. The van der Waals surface area contributed by atoms with Gasteiger partial charge in [0, 0.05) is 13.1 Å². The SMILES string of the molecule is Cc1noc(CN2CCCC3(CCCNC3)C2)n1. The summed E-state index contributed by atoms with van der Waals surface area (Å²) >= 11 is 0. The molecule has 1 atom stereocenters. The van der Waals surface area contributed by atoms with E-state index >= 15 is 0 Å². The average Bonchev–Trinajstić information content (AvgIpc) is 2.76. The summed E-state index contributed by atoms with van der Waals surface area (Å²) in [5.74, 6) is 1.49. The lowest BCUT2D eigenvalue weighted by Gasteiger charge is -2.45. The van der Waals surface area contributed by atoms with Gasteiger partial charge in [0.05, 0.1) is 6.54 Å². The summed E-state index contributed by atoms with van der Waals surface area (Å²) in [6.07, 6.45) is 5.32. The minimum Gasteiger partial charge on any atom is -0.338 e. The van der Waals surface area contributed by atoms with Crippen LogP contribution in [0.15, 0.2) is 4.52 Å². The van der Waals surface area contributed by atoms with Gasteiger partial charge in [-0.25, -0.2) is 0 Å². The van der Waals surface area contributed by atoms with Gasteiger partial charge in [-0.15, -0.1) is 0 Å². The molecule has 0 saturated carbocycles. The minimum absolute atomic E-state index is 0.492. The van der Waals surface area contributed by atoms with E-state index in [2.05, 4.69) is 20.4 Å². The van der Waals surface area contributed by atoms with Gasteiger partial charge in [-0.05, 0) is 51.1 Å². The normalized spacial score (nSPS) is 29.8. The largest absolute Gasteiger partial charge is 0.338 e. The molecule has 1 aromatic heterocycles. The Morgan fingerprint density at radius 1 is 1.39 bits per heavy atom. The molecule has 100 valence electrons. The molecule has 0 amide bonds. The number of hydrogen-bond acceptors (Lipinski definition) is 5. The lowest BCUT2D eigenvalue weighted by molar-refractivity contribution is 0.0538. The van der Waals surface area contributed by atoms with Crippen LogP contribution in [0.5, 0.6) is 0 Å². The highest BCUT2D eigenvalue weighted by Crippen LogP contribution is 2.36. The predicted molar refractivity (Wildman–Crippen MR) is 68.1 cm³/mol. The molecule has 2 aliphatic rings. The summed E-state index contributed by atoms with van der Waals surface area (Å²) in [7, 11) is 0. The van der Waals surface area contributed by atoms with Crippen LogP contribution in [0.3, 0.4) is 0 Å². The lowest BCUT2D eigenvalue weighted by Crippen LogP contribution is -2.50. The third kappa shape index (κ3) is 2.57. The lowest BCUT2D eigenvalue weighted by atomic mass is 9.74. The number of piperidine rings is 2. The molecule has 1 N–H and O–H groups in total. The van der Waals surface area contributed by atoms with Crippen LogP contribution in [-0.4, -0.2) is 41.2 Å². The first-order valence-corrected chi connectivity index (χ1v) is 6.98. The molecular weight excluding hydrogens is 228 g/mol. The molecule has 0 radical (unpaired) electrons. The van der Waals surface area contributed by atoms with E-state index < -0.39 is 0 Å². The minimum atomic E-state index is 0.492. The Labute approximate surface area is 108 Å². The molecule has 1 spiro atoms. The molecule has 3 heterocycles. The van der Waals surface area contributed by atoms with Crippen molar-refractivity contribution in [3.05, 3.63) is 11.7 Å². The van der Waals surface area contributed by atoms with E-state index in [1.807, 2.05) is 6.92 Å². The van der Waals surface area contributed by atoms with E-state index in [9.17, 15) is 0 Å². The number of aromatic nitrogens is 2. The van der Waals surface area contributed by atoms with Crippen LogP contribution in [0.1, 0.15) is 37.4 Å². The van der Waals surface area contributed by atoms with Crippen molar-refractivity contribution in [1.29, 1.82) is 0 Å². The molecule has 2 aliphatic heterocycles. The van der Waals surface area contributed by atoms with Gasteiger partial charge >= 0.3 is 0 Å². The summed E-state index contributed by atoms with van der Waals surface area (Å²) < 4.78 is 5.22. The average molecular weight is 250 g/mol. The Morgan fingerprint density at radius 2 is 2.28 bits per heavy atom. The highest BCUT2D eigenvalue weighted by atomic mass is 16.5. The van der Waals surface area contributed by atoms with E-state index in [-0.39, 0.29) is 0 Å². The van der Waals surface area contributed by atoms with Crippen molar-refractivity contribution in [2.24, 2.45) is 5.41 Å². The van der Waals surface area contributed by atoms with Crippen LogP contribution < -0.4 is 5.32 Å². The Bertz CT molecular complexity index is 392. The maximum atomic E-state index is 5.22. The van der Waals surface area contributed by atoms with E-state index in [0.717, 1.165) is 24.8 Å². The maximum Gasteiger partial charge on any atom is 0.240 e. The van der Waals surface area contributed by atoms with Crippen molar-refractivity contribution in [2.45, 2.75) is 39.2 Å². The van der Waals surface area contributed by atoms with E-state index in [4.69, 9.17) is 4.52 Å². The molecule has 0 aliphatic carbocycles. The molecule has 1 aromatic rings. The number of rotatable bonds is 2. The van der Waals surface area contributed by atoms with Gasteiger partial charge in [0.25, 0.3) is 0 Å². The highest BCUT2D eigenvalue weighted by Gasteiger charge is 2.36. The second-order valence-electron chi connectivity index (χ2n) is 5.83. The molecule has 0 aromatic carbocycles. The van der Waals surface area contributed by atoms with Crippen LogP contribution in [-0.2, 0) is 6.54 Å². The van der Waals surface area contributed by atoms with Crippen LogP contribution >= 0.6 is 0 Å². The fraction of sp³-hybridized carbons (Fsp3) is 0.846. The van der Waals surface area contributed by atoms with Gasteiger partial charge < -0.3 is 9.84 Å². The zero-order valence-corrected chi connectivity index (χ0v) is 11.1. The van der Waals surface area contributed by atoms with Gasteiger partial charge in [-0.1, -0.05) is 5.16 Å². The molecule has 1 unspecified atom stereocenters. The van der Waals surface area contributed by atoms with Crippen LogP contribution in [0.25, 0.3) is 0 Å². The molecule has 5 heteroatoms. The number of aryl methyl sites for hydroxylation is 1. The van der Waals surface area contributed by atoms with Crippen molar-refractivity contribution in [1.82, 2.24) is 20.4 Å².